The minimum atomic E-state index is -1.65. The summed E-state index contributed by atoms with van der Waals surface area (Å²) in [5.41, 5.74) is 1.55. The Bertz CT molecular complexity index is 1110. The van der Waals surface area contributed by atoms with Gasteiger partial charge in [-0.05, 0) is 43.5 Å². The number of rotatable bonds is 10. The van der Waals surface area contributed by atoms with Crippen LogP contribution in [0.4, 0.5) is 4.79 Å². The molecule has 0 bridgehead atoms. The Kier molecular flexibility index (Phi) is 9.28. The van der Waals surface area contributed by atoms with Crippen molar-refractivity contribution in [2.24, 2.45) is 0 Å². The van der Waals surface area contributed by atoms with E-state index in [1.165, 1.54) is 30.9 Å². The number of nitrogens with one attached hydrogen (secondary N) is 2. The molecule has 11 heteroatoms. The number of benzene rings is 2. The third-order valence-corrected chi connectivity index (χ3v) is 7.59. The van der Waals surface area contributed by atoms with Crippen LogP contribution in [0.25, 0.3) is 0 Å². The van der Waals surface area contributed by atoms with Crippen LogP contribution in [0.2, 0.25) is 0 Å². The van der Waals surface area contributed by atoms with Crippen molar-refractivity contribution in [2.45, 2.75) is 49.7 Å². The number of hydrogen-bond donors (Lipinski definition) is 4. The molecule has 37 heavy (non-hydrogen) atoms. The first-order valence-corrected chi connectivity index (χ1v) is 12.7. The van der Waals surface area contributed by atoms with Gasteiger partial charge in [-0.2, -0.15) is 0 Å². The van der Waals surface area contributed by atoms with E-state index in [0.29, 0.717) is 11.5 Å². The second-order valence-electron chi connectivity index (χ2n) is 9.18. The standard InChI is InChI=1S/C26H33N3O7S/c1-26(2)22(24(32)33)29(15-37-26)23(31)21(30)18(12-16-8-6-5-7-9-16)28-25(34)27-14-17-10-11-19(35-3)20(13-17)36-4/h5-11,13,18,21-22,30H,12,14-15H2,1-4H3,(H,32,33)(H2,27,28,34)/t18-,21-,22+/m0/s1. The number of aliphatic carboxylic acids is 1. The molecule has 1 heterocycles. The van der Waals surface area contributed by atoms with Crippen molar-refractivity contribution >= 4 is 29.7 Å². The van der Waals surface area contributed by atoms with Gasteiger partial charge in [0.25, 0.3) is 5.91 Å². The summed E-state index contributed by atoms with van der Waals surface area (Å²) >= 11 is 1.32. The zero-order chi connectivity index (χ0) is 27.2. The molecule has 3 atom stereocenters. The molecule has 0 saturated carbocycles. The zero-order valence-corrected chi connectivity index (χ0v) is 22.1. The first kappa shape index (κ1) is 28.1. The number of carbonyl (C=O) groups excluding carboxylic acids is 2. The lowest BCUT2D eigenvalue weighted by molar-refractivity contribution is -0.154. The van der Waals surface area contributed by atoms with E-state index in [2.05, 4.69) is 10.6 Å². The maximum atomic E-state index is 13.3. The molecule has 0 radical (unpaired) electrons. The van der Waals surface area contributed by atoms with Crippen LogP contribution in [-0.4, -0.2) is 76.1 Å². The van der Waals surface area contributed by atoms with Gasteiger partial charge in [0, 0.05) is 11.3 Å². The maximum absolute atomic E-state index is 13.3. The molecule has 10 nitrogen and oxygen atoms in total. The van der Waals surface area contributed by atoms with E-state index >= 15 is 0 Å². The minimum absolute atomic E-state index is 0.128. The lowest BCUT2D eigenvalue weighted by atomic mass is 9.98. The second-order valence-corrected chi connectivity index (χ2v) is 10.8. The molecule has 200 valence electrons. The van der Waals surface area contributed by atoms with E-state index in [4.69, 9.17) is 9.47 Å². The number of amides is 3. The summed E-state index contributed by atoms with van der Waals surface area (Å²) in [5, 5.41) is 26.2. The average molecular weight is 532 g/mol. The number of hydrogen-bond acceptors (Lipinski definition) is 7. The zero-order valence-electron chi connectivity index (χ0n) is 21.3. The van der Waals surface area contributed by atoms with E-state index < -0.39 is 40.8 Å². The molecule has 0 spiro atoms. The van der Waals surface area contributed by atoms with Gasteiger partial charge in [-0.3, -0.25) is 4.79 Å². The Morgan fingerprint density at radius 2 is 1.76 bits per heavy atom. The summed E-state index contributed by atoms with van der Waals surface area (Å²) < 4.78 is 9.79. The van der Waals surface area contributed by atoms with Gasteiger partial charge in [0.1, 0.15) is 6.04 Å². The van der Waals surface area contributed by atoms with Crippen molar-refractivity contribution < 1.29 is 34.1 Å². The predicted octanol–water partition coefficient (Wildman–Crippen LogP) is 2.24. The quantitative estimate of drug-likeness (QED) is 0.366. The Hall–Kier alpha value is -3.44. The van der Waals surface area contributed by atoms with Gasteiger partial charge in [0.2, 0.25) is 0 Å². The normalized spacial score (nSPS) is 18.0. The first-order valence-electron chi connectivity index (χ1n) is 11.7. The Morgan fingerprint density at radius 1 is 1.08 bits per heavy atom. The van der Waals surface area contributed by atoms with E-state index in [0.717, 1.165) is 11.1 Å². The van der Waals surface area contributed by atoms with E-state index in [-0.39, 0.29) is 18.8 Å². The highest BCUT2D eigenvalue weighted by Gasteiger charge is 2.50. The second kappa shape index (κ2) is 12.2. The maximum Gasteiger partial charge on any atom is 0.327 e. The number of urea groups is 1. The van der Waals surface area contributed by atoms with Crippen LogP contribution in [0.1, 0.15) is 25.0 Å². The predicted molar refractivity (Wildman–Crippen MR) is 140 cm³/mol. The fourth-order valence-electron chi connectivity index (χ4n) is 4.23. The van der Waals surface area contributed by atoms with Crippen LogP contribution in [-0.2, 0) is 22.6 Å². The van der Waals surface area contributed by atoms with Crippen molar-refractivity contribution in [2.75, 3.05) is 20.1 Å². The smallest absolute Gasteiger partial charge is 0.327 e. The first-order chi connectivity index (χ1) is 17.6. The number of thioether (sulfide) groups is 1. The monoisotopic (exact) mass is 531 g/mol. The Labute approximate surface area is 220 Å². The average Bonchev–Trinajstić information content (AvgIpc) is 3.21. The largest absolute Gasteiger partial charge is 0.493 e. The third-order valence-electron chi connectivity index (χ3n) is 6.21. The molecular weight excluding hydrogens is 498 g/mol. The number of methoxy groups -OCH3 is 2. The molecule has 3 rings (SSSR count). The molecule has 1 fully saturated rings. The molecule has 1 saturated heterocycles. The molecule has 0 aromatic heterocycles. The Balaban J connectivity index is 1.74. The van der Waals surface area contributed by atoms with Crippen molar-refractivity contribution in [1.29, 1.82) is 0 Å². The molecular formula is C26H33N3O7S. The lowest BCUT2D eigenvalue weighted by Crippen LogP contribution is -2.57. The summed E-state index contributed by atoms with van der Waals surface area (Å²) in [6.45, 7) is 3.65. The number of carboxylic acid groups (broad SMARTS) is 1. The van der Waals surface area contributed by atoms with Gasteiger partial charge in [0.05, 0.1) is 26.1 Å². The highest BCUT2D eigenvalue weighted by Crippen LogP contribution is 2.39. The summed E-state index contributed by atoms with van der Waals surface area (Å²) in [6.07, 6.45) is -1.48. The summed E-state index contributed by atoms with van der Waals surface area (Å²) in [4.78, 5) is 39.2. The van der Waals surface area contributed by atoms with Crippen molar-refractivity contribution in [3.63, 3.8) is 0 Å². The topological polar surface area (TPSA) is 137 Å². The molecule has 0 aliphatic carbocycles. The van der Waals surface area contributed by atoms with Crippen LogP contribution in [0.3, 0.4) is 0 Å². The minimum Gasteiger partial charge on any atom is -0.493 e. The van der Waals surface area contributed by atoms with Gasteiger partial charge in [-0.25, -0.2) is 9.59 Å². The van der Waals surface area contributed by atoms with Crippen LogP contribution in [0.5, 0.6) is 11.5 Å². The fourth-order valence-corrected chi connectivity index (χ4v) is 5.36. The molecule has 3 amide bonds. The van der Waals surface area contributed by atoms with Crippen molar-refractivity contribution in [3.05, 3.63) is 59.7 Å². The molecule has 0 unspecified atom stereocenters. The number of aliphatic hydroxyl groups is 1. The SMILES string of the molecule is COc1ccc(CNC(=O)N[C@@H](Cc2ccccc2)[C@H](O)C(=O)N2CSC(C)(C)[C@H]2C(=O)O)cc1OC. The van der Waals surface area contributed by atoms with E-state index in [1.54, 1.807) is 32.0 Å². The Morgan fingerprint density at radius 3 is 2.38 bits per heavy atom. The van der Waals surface area contributed by atoms with E-state index in [1.807, 2.05) is 30.3 Å². The van der Waals surface area contributed by atoms with Gasteiger partial charge < -0.3 is 35.2 Å². The van der Waals surface area contributed by atoms with Gasteiger partial charge >= 0.3 is 12.0 Å². The van der Waals surface area contributed by atoms with Crippen LogP contribution in [0, 0.1) is 0 Å². The third kappa shape index (κ3) is 6.86. The molecule has 2 aromatic rings. The number of carboxylic acids is 1. The number of aliphatic hydroxyl groups excluding tert-OH is 1. The molecule has 4 N–H and O–H groups in total. The van der Waals surface area contributed by atoms with Crippen LogP contribution >= 0.6 is 11.8 Å². The van der Waals surface area contributed by atoms with Crippen molar-refractivity contribution in [1.82, 2.24) is 15.5 Å². The lowest BCUT2D eigenvalue weighted by Gasteiger charge is -2.31. The number of nitrogens with zero attached hydrogens (tertiary/aromatic N) is 1. The highest BCUT2D eigenvalue weighted by molar-refractivity contribution is 8.00. The van der Waals surface area contributed by atoms with Gasteiger partial charge in [-0.15, -0.1) is 11.8 Å². The molecule has 1 aliphatic rings. The van der Waals surface area contributed by atoms with Gasteiger partial charge in [0.15, 0.2) is 17.6 Å². The molecule has 1 aliphatic heterocycles. The van der Waals surface area contributed by atoms with Crippen LogP contribution in [0.15, 0.2) is 48.5 Å². The number of ether oxygens (including phenoxy) is 2. The fraction of sp³-hybridized carbons (Fsp3) is 0.423. The summed E-state index contributed by atoms with van der Waals surface area (Å²) in [5.74, 6) is -0.682. The highest BCUT2D eigenvalue weighted by atomic mass is 32.2. The molecule has 2 aromatic carbocycles. The summed E-state index contributed by atoms with van der Waals surface area (Å²) in [7, 11) is 3.05. The van der Waals surface area contributed by atoms with Crippen LogP contribution < -0.4 is 20.1 Å². The van der Waals surface area contributed by atoms with Gasteiger partial charge in [-0.1, -0.05) is 36.4 Å². The van der Waals surface area contributed by atoms with Crippen molar-refractivity contribution in [3.8, 4) is 11.5 Å². The van der Waals surface area contributed by atoms with E-state index in [9.17, 15) is 24.6 Å². The summed E-state index contributed by atoms with van der Waals surface area (Å²) in [6, 6.07) is 11.7. The number of carbonyl (C=O) groups is 3.